The van der Waals surface area contributed by atoms with Crippen molar-refractivity contribution in [3.05, 3.63) is 82.2 Å². The minimum Gasteiger partial charge on any atom is -0.399 e. The molecule has 29 heavy (non-hydrogen) atoms. The fraction of sp³-hybridized carbons (Fsp3) is 0.500. The van der Waals surface area contributed by atoms with Gasteiger partial charge in [-0.25, -0.2) is 0 Å². The van der Waals surface area contributed by atoms with Gasteiger partial charge in [0.25, 0.3) is 0 Å². The molecule has 0 aliphatic heterocycles. The minimum absolute atomic E-state index is 0.720. The van der Waals surface area contributed by atoms with E-state index in [1.807, 2.05) is 0 Å². The lowest BCUT2D eigenvalue weighted by Gasteiger charge is -2.15. The predicted octanol–water partition coefficient (Wildman–Crippen LogP) is 8.40. The monoisotopic (exact) mass is 391 g/mol. The summed E-state index contributed by atoms with van der Waals surface area (Å²) in [5, 5.41) is 0. The number of hydrogen-bond donors (Lipinski definition) is 1. The van der Waals surface area contributed by atoms with Gasteiger partial charge in [-0.15, -0.1) is 0 Å². The Morgan fingerprint density at radius 3 is 2.48 bits per heavy atom. The van der Waals surface area contributed by atoms with E-state index in [0.29, 0.717) is 0 Å². The third-order valence-electron chi connectivity index (χ3n) is 6.10. The van der Waals surface area contributed by atoms with Crippen LogP contribution in [0.5, 0.6) is 0 Å². The summed E-state index contributed by atoms with van der Waals surface area (Å²) < 4.78 is 0. The average Bonchev–Trinajstić information content (AvgIpc) is 2.89. The van der Waals surface area contributed by atoms with Gasteiger partial charge in [-0.05, 0) is 99.0 Å². The third-order valence-corrected chi connectivity index (χ3v) is 6.10. The van der Waals surface area contributed by atoms with Crippen molar-refractivity contribution < 1.29 is 0 Å². The van der Waals surface area contributed by atoms with Crippen LogP contribution < -0.4 is 5.73 Å². The van der Waals surface area contributed by atoms with Crippen molar-refractivity contribution in [3.8, 4) is 0 Å². The highest BCUT2D eigenvalue weighted by Crippen LogP contribution is 2.29. The molecule has 0 amide bonds. The number of rotatable bonds is 11. The van der Waals surface area contributed by atoms with Crippen LogP contribution in [0.4, 0.5) is 0 Å². The van der Waals surface area contributed by atoms with E-state index in [4.69, 9.17) is 5.73 Å². The van der Waals surface area contributed by atoms with Crippen LogP contribution in [0.3, 0.4) is 0 Å². The van der Waals surface area contributed by atoms with Crippen LogP contribution in [0.15, 0.2) is 82.2 Å². The second kappa shape index (κ2) is 12.5. The van der Waals surface area contributed by atoms with Crippen molar-refractivity contribution in [2.75, 3.05) is 0 Å². The largest absolute Gasteiger partial charge is 0.399 e. The second-order valence-electron chi connectivity index (χ2n) is 8.46. The van der Waals surface area contributed by atoms with Crippen LogP contribution in [0.2, 0.25) is 0 Å². The van der Waals surface area contributed by atoms with Crippen LogP contribution in [0, 0.1) is 0 Å². The summed E-state index contributed by atoms with van der Waals surface area (Å²) in [4.78, 5) is 0. The lowest BCUT2D eigenvalue weighted by Crippen LogP contribution is -2.01. The first-order valence-corrected chi connectivity index (χ1v) is 11.6. The number of nitrogens with two attached hydrogens (primary N) is 1. The van der Waals surface area contributed by atoms with Crippen LogP contribution in [0.25, 0.3) is 0 Å². The maximum Gasteiger partial charge on any atom is 0.0273 e. The average molecular weight is 392 g/mol. The van der Waals surface area contributed by atoms with E-state index in [2.05, 4.69) is 63.8 Å². The molecule has 1 heteroatoms. The number of allylic oxidation sites excluding steroid dienone is 12. The Kier molecular flexibility index (Phi) is 10.0. The van der Waals surface area contributed by atoms with Crippen LogP contribution >= 0.6 is 0 Å². The molecule has 158 valence electrons. The summed E-state index contributed by atoms with van der Waals surface area (Å²) in [6, 6.07) is 0. The molecule has 2 N–H and O–H groups in total. The van der Waals surface area contributed by atoms with Crippen molar-refractivity contribution in [2.24, 2.45) is 5.73 Å². The first kappa shape index (κ1) is 23.3. The molecule has 2 aliphatic carbocycles. The molecule has 0 aromatic heterocycles. The Bertz CT molecular complexity index is 749. The predicted molar refractivity (Wildman–Crippen MR) is 130 cm³/mol. The lowest BCUT2D eigenvalue weighted by atomic mass is 9.90. The lowest BCUT2D eigenvalue weighted by molar-refractivity contribution is 0.710. The zero-order valence-corrected chi connectivity index (χ0v) is 19.0. The van der Waals surface area contributed by atoms with E-state index in [0.717, 1.165) is 25.0 Å². The van der Waals surface area contributed by atoms with Gasteiger partial charge in [-0.3, -0.25) is 0 Å². The zero-order chi connectivity index (χ0) is 21.1. The molecular formula is C28H41N. The molecule has 0 saturated carbocycles. The summed E-state index contributed by atoms with van der Waals surface area (Å²) in [6.07, 6.45) is 27.0. The summed E-state index contributed by atoms with van der Waals surface area (Å²) in [7, 11) is 0. The molecule has 0 radical (unpaired) electrons. The second-order valence-corrected chi connectivity index (χ2v) is 8.46. The summed E-state index contributed by atoms with van der Waals surface area (Å²) in [5.74, 6) is 0. The van der Waals surface area contributed by atoms with Crippen LogP contribution in [0.1, 0.15) is 91.4 Å². The van der Waals surface area contributed by atoms with Gasteiger partial charge in [0.1, 0.15) is 0 Å². The molecule has 2 rings (SSSR count). The SMILES string of the molecule is C=C(N)/C(=C/C1=C(C)C=CC=C(CCCCC2=CCCC=C2CC)C1)CCCC. The Balaban J connectivity index is 1.93. The summed E-state index contributed by atoms with van der Waals surface area (Å²) in [5.41, 5.74) is 15.5. The Labute approximate surface area is 179 Å². The molecule has 0 saturated heterocycles. The molecule has 1 nitrogen and oxygen atoms in total. The Morgan fingerprint density at radius 2 is 1.79 bits per heavy atom. The molecule has 0 fully saturated rings. The van der Waals surface area contributed by atoms with Crippen LogP contribution in [-0.4, -0.2) is 0 Å². The molecule has 0 atom stereocenters. The van der Waals surface area contributed by atoms with Gasteiger partial charge < -0.3 is 5.73 Å². The zero-order valence-electron chi connectivity index (χ0n) is 19.0. The minimum atomic E-state index is 0.720. The summed E-state index contributed by atoms with van der Waals surface area (Å²) in [6.45, 7) is 10.7. The van der Waals surface area contributed by atoms with Gasteiger partial charge in [-0.2, -0.15) is 0 Å². The van der Waals surface area contributed by atoms with E-state index in [9.17, 15) is 0 Å². The van der Waals surface area contributed by atoms with E-state index in [-0.39, 0.29) is 0 Å². The van der Waals surface area contributed by atoms with Gasteiger partial charge >= 0.3 is 0 Å². The van der Waals surface area contributed by atoms with Crippen molar-refractivity contribution >= 4 is 0 Å². The summed E-state index contributed by atoms with van der Waals surface area (Å²) >= 11 is 0. The highest BCUT2D eigenvalue weighted by molar-refractivity contribution is 5.44. The Morgan fingerprint density at radius 1 is 1.07 bits per heavy atom. The van der Waals surface area contributed by atoms with Gasteiger partial charge in [0.2, 0.25) is 0 Å². The van der Waals surface area contributed by atoms with Crippen molar-refractivity contribution in [1.29, 1.82) is 0 Å². The smallest absolute Gasteiger partial charge is 0.0273 e. The molecule has 0 unspecified atom stereocenters. The maximum atomic E-state index is 6.08. The fourth-order valence-corrected chi connectivity index (χ4v) is 4.20. The number of unbranched alkanes of at least 4 members (excludes halogenated alkanes) is 2. The van der Waals surface area contributed by atoms with Crippen molar-refractivity contribution in [2.45, 2.75) is 91.4 Å². The first-order chi connectivity index (χ1) is 14.0. The van der Waals surface area contributed by atoms with Gasteiger partial charge in [0, 0.05) is 5.70 Å². The quantitative estimate of drug-likeness (QED) is 0.278. The molecule has 2 aliphatic rings. The maximum absolute atomic E-state index is 6.08. The molecular weight excluding hydrogens is 350 g/mol. The normalized spacial score (nSPS) is 17.6. The topological polar surface area (TPSA) is 26.0 Å². The van der Waals surface area contributed by atoms with E-state index in [1.165, 1.54) is 73.7 Å². The highest BCUT2D eigenvalue weighted by Gasteiger charge is 2.10. The highest BCUT2D eigenvalue weighted by atomic mass is 14.6. The van der Waals surface area contributed by atoms with E-state index in [1.54, 1.807) is 11.1 Å². The first-order valence-electron chi connectivity index (χ1n) is 11.6. The molecule has 0 heterocycles. The van der Waals surface area contributed by atoms with Gasteiger partial charge in [-0.1, -0.05) is 68.9 Å². The van der Waals surface area contributed by atoms with Crippen LogP contribution in [-0.2, 0) is 0 Å². The van der Waals surface area contributed by atoms with Gasteiger partial charge in [0.05, 0.1) is 0 Å². The van der Waals surface area contributed by atoms with Crippen molar-refractivity contribution in [3.63, 3.8) is 0 Å². The van der Waals surface area contributed by atoms with E-state index < -0.39 is 0 Å². The molecule has 0 spiro atoms. The molecule has 0 bridgehead atoms. The third kappa shape index (κ3) is 7.72. The van der Waals surface area contributed by atoms with Gasteiger partial charge in [0.15, 0.2) is 0 Å². The number of hydrogen-bond acceptors (Lipinski definition) is 1. The van der Waals surface area contributed by atoms with E-state index >= 15 is 0 Å². The Hall–Kier alpha value is -2.02. The van der Waals surface area contributed by atoms with Crippen molar-refractivity contribution in [1.82, 2.24) is 0 Å². The standard InChI is InChI=1S/C28H41N/c1-5-7-16-27(23(4)29)21-28-20-24(15-12-13-22(28)3)14-8-9-18-26-19-11-10-17-25(26)6-2/h12-13,15,17,19,21H,4-11,14,16,18,20,29H2,1-3H3/b27-21+. The molecule has 0 aromatic rings. The fourth-order valence-electron chi connectivity index (χ4n) is 4.20. The molecule has 0 aromatic carbocycles.